The summed E-state index contributed by atoms with van der Waals surface area (Å²) in [5, 5.41) is 9.42. The molecule has 3 fully saturated rings. The van der Waals surface area contributed by atoms with E-state index in [0.29, 0.717) is 79.5 Å². The molecule has 3 saturated heterocycles. The van der Waals surface area contributed by atoms with Crippen molar-refractivity contribution in [2.45, 2.75) is 77.7 Å². The molecule has 3 aliphatic heterocycles. The molecule has 0 aliphatic carbocycles. The van der Waals surface area contributed by atoms with Crippen LogP contribution in [0.1, 0.15) is 71.2 Å². The number of nitrogens with zero attached hydrogens (tertiary/aromatic N) is 6. The molecule has 2 aromatic heterocycles. The average molecular weight is 955 g/mol. The van der Waals surface area contributed by atoms with Crippen LogP contribution in [0.4, 0.5) is 43.2 Å². The van der Waals surface area contributed by atoms with Gasteiger partial charge in [0.05, 0.1) is 38.4 Å². The maximum absolute atomic E-state index is 16.1. The highest BCUT2D eigenvalue weighted by Crippen LogP contribution is 2.42. The number of sulfonamides is 1. The minimum Gasteiger partial charge on any atom is -0.374 e. The van der Waals surface area contributed by atoms with Gasteiger partial charge in [0.2, 0.25) is 33.7 Å². The molecule has 0 bridgehead atoms. The van der Waals surface area contributed by atoms with Crippen molar-refractivity contribution in [3.8, 4) is 21.8 Å². The Kier molecular flexibility index (Phi) is 14.1. The zero-order valence-corrected chi connectivity index (χ0v) is 39.7. The van der Waals surface area contributed by atoms with Crippen molar-refractivity contribution >= 4 is 73.5 Å². The number of piperidine rings is 2. The number of imide groups is 1. The first-order chi connectivity index (χ1) is 32.0. The van der Waals surface area contributed by atoms with Crippen LogP contribution in [-0.4, -0.2) is 97.1 Å². The molecule has 0 unspecified atom stereocenters. The number of piperazine rings is 1. The Morgan fingerprint density at radius 3 is 2.31 bits per heavy atom. The molecule has 5 aromatic rings. The molecule has 4 N–H and O–H groups in total. The van der Waals surface area contributed by atoms with Gasteiger partial charge in [0.15, 0.2) is 5.82 Å². The summed E-state index contributed by atoms with van der Waals surface area (Å²) in [5.74, 6) is -1.27. The summed E-state index contributed by atoms with van der Waals surface area (Å²) < 4.78 is 59.3. The average Bonchev–Trinajstić information content (AvgIpc) is 3.75. The normalized spacial score (nSPS) is 17.3. The third-order valence-electron chi connectivity index (χ3n) is 12.2. The minimum atomic E-state index is -3.75. The van der Waals surface area contributed by atoms with Gasteiger partial charge in [0, 0.05) is 86.3 Å². The first-order valence-corrected chi connectivity index (χ1v) is 25.2. The van der Waals surface area contributed by atoms with Crippen LogP contribution in [0.2, 0.25) is 0 Å². The fourth-order valence-electron chi connectivity index (χ4n) is 8.56. The van der Waals surface area contributed by atoms with Gasteiger partial charge < -0.3 is 25.3 Å². The monoisotopic (exact) mass is 954 g/mol. The summed E-state index contributed by atoms with van der Waals surface area (Å²) in [6.45, 7) is 11.4. The Balaban J connectivity index is 0.849. The molecule has 15 nitrogen and oxygen atoms in total. The number of halogens is 2. The van der Waals surface area contributed by atoms with E-state index in [1.807, 2.05) is 54.8 Å². The maximum Gasteiger partial charge on any atom is 0.249 e. The second-order valence-corrected chi connectivity index (χ2v) is 21.1. The molecule has 19 heteroatoms. The summed E-state index contributed by atoms with van der Waals surface area (Å²) in [5.41, 5.74) is 3.11. The zero-order valence-electron chi connectivity index (χ0n) is 38.1. The summed E-state index contributed by atoms with van der Waals surface area (Å²) in [6.07, 6.45) is 4.99. The van der Waals surface area contributed by atoms with E-state index in [4.69, 9.17) is 9.97 Å². The Hall–Kier alpha value is -6.21. The van der Waals surface area contributed by atoms with Crippen molar-refractivity contribution in [1.29, 1.82) is 0 Å². The smallest absolute Gasteiger partial charge is 0.249 e. The lowest BCUT2D eigenvalue weighted by molar-refractivity contribution is -0.134. The SMILES string of the molecule is CCCS(=O)(=O)Nc1cccc(-c2nc(C(C)(C)C)sc2-c2ccnc(Nc3ccc(N4CCN(C(=O)CC5CCN(c6ccc(N[C@H]7CCC(=O)NC7=O)cc6)CC5)CC4)c(F)c3)n2)c1F. The Labute approximate surface area is 393 Å². The summed E-state index contributed by atoms with van der Waals surface area (Å²) in [6, 6.07) is 18.6. The molecule has 0 spiro atoms. The molecule has 3 aliphatic rings. The Bertz CT molecular complexity index is 2730. The topological polar surface area (TPSA) is 182 Å². The third kappa shape index (κ3) is 11.3. The van der Waals surface area contributed by atoms with E-state index in [1.165, 1.54) is 23.5 Å². The van der Waals surface area contributed by atoms with E-state index < -0.39 is 27.7 Å². The number of carbonyl (C=O) groups is 3. The molecule has 1 atom stereocenters. The van der Waals surface area contributed by atoms with Crippen molar-refractivity contribution in [3.05, 3.63) is 89.6 Å². The molecule has 0 radical (unpaired) electrons. The predicted octanol–water partition coefficient (Wildman–Crippen LogP) is 7.91. The van der Waals surface area contributed by atoms with Gasteiger partial charge >= 0.3 is 0 Å². The first-order valence-electron chi connectivity index (χ1n) is 22.7. The molecule has 3 amide bonds. The number of aromatic nitrogens is 3. The Morgan fingerprint density at radius 1 is 0.896 bits per heavy atom. The first kappa shape index (κ1) is 47.3. The molecule has 0 saturated carbocycles. The van der Waals surface area contributed by atoms with E-state index in [2.05, 4.69) is 30.6 Å². The van der Waals surface area contributed by atoms with Crippen LogP contribution < -0.4 is 30.5 Å². The van der Waals surface area contributed by atoms with Gasteiger partial charge in [-0.2, -0.15) is 0 Å². The van der Waals surface area contributed by atoms with Crippen molar-refractivity contribution < 1.29 is 31.6 Å². The van der Waals surface area contributed by atoms with Gasteiger partial charge in [0.25, 0.3) is 0 Å². The number of anilines is 6. The number of hydrogen-bond donors (Lipinski definition) is 4. The molecule has 8 rings (SSSR count). The second kappa shape index (κ2) is 19.9. The Morgan fingerprint density at radius 2 is 1.63 bits per heavy atom. The molecule has 67 heavy (non-hydrogen) atoms. The quantitative estimate of drug-likeness (QED) is 0.0792. The van der Waals surface area contributed by atoms with E-state index in [9.17, 15) is 22.8 Å². The second-order valence-electron chi connectivity index (χ2n) is 18.3. The van der Waals surface area contributed by atoms with Crippen LogP contribution in [0.3, 0.4) is 0 Å². The van der Waals surface area contributed by atoms with Crippen LogP contribution in [-0.2, 0) is 29.8 Å². The van der Waals surface area contributed by atoms with Crippen LogP contribution in [0.5, 0.6) is 0 Å². The largest absolute Gasteiger partial charge is 0.374 e. The van der Waals surface area contributed by atoms with Crippen molar-refractivity contribution in [1.82, 2.24) is 25.2 Å². The summed E-state index contributed by atoms with van der Waals surface area (Å²) in [7, 11) is -3.75. The molecule has 354 valence electrons. The number of carbonyl (C=O) groups excluding carboxylic acids is 3. The molecule has 5 heterocycles. The predicted molar refractivity (Wildman–Crippen MR) is 259 cm³/mol. The van der Waals surface area contributed by atoms with Crippen molar-refractivity contribution in [3.63, 3.8) is 0 Å². The van der Waals surface area contributed by atoms with Crippen LogP contribution >= 0.6 is 11.3 Å². The van der Waals surface area contributed by atoms with Gasteiger partial charge in [-0.15, -0.1) is 11.3 Å². The van der Waals surface area contributed by atoms with Crippen LogP contribution in [0, 0.1) is 17.6 Å². The number of nitrogens with one attached hydrogen (secondary N) is 4. The van der Waals surface area contributed by atoms with Crippen molar-refractivity contribution in [2.75, 3.05) is 70.2 Å². The van der Waals surface area contributed by atoms with Crippen molar-refractivity contribution in [2.24, 2.45) is 5.92 Å². The lowest BCUT2D eigenvalue weighted by Crippen LogP contribution is -2.49. The van der Waals surface area contributed by atoms with Gasteiger partial charge in [0.1, 0.15) is 11.9 Å². The third-order valence-corrected chi connectivity index (χ3v) is 15.2. The maximum atomic E-state index is 16.1. The minimum absolute atomic E-state index is 0.121. The fraction of sp³-hybridized carbons (Fsp3) is 0.417. The molecular formula is C48H56F2N10O5S2. The van der Waals surface area contributed by atoms with Crippen LogP contribution in [0.25, 0.3) is 21.8 Å². The van der Waals surface area contributed by atoms with Gasteiger partial charge in [-0.3, -0.25) is 24.4 Å². The number of thiazole rings is 1. The number of rotatable bonds is 14. The standard InChI is InChI=1S/C48H56F2N10O5S2/c1-5-27-67(64,65)57-36-8-6-7-34(42(36)50)43-44(66-46(56-43)48(2,3)4)37-17-20-51-47(54-37)53-32-11-15-39(35(49)29-32)59-23-25-60(26-24-59)41(62)28-30-18-21-58(22-19-30)33-12-9-31(10-13-33)52-38-14-16-40(61)55-45(38)63/h6-13,15,17,20,29-30,38,52,57H,5,14,16,18-19,21-28H2,1-4H3,(H,51,53,54)(H,55,61,63)/t38-/m0/s1. The molecular weight excluding hydrogens is 899 g/mol. The lowest BCUT2D eigenvalue weighted by atomic mass is 9.92. The highest BCUT2D eigenvalue weighted by atomic mass is 32.2. The van der Waals surface area contributed by atoms with E-state index in [-0.39, 0.29) is 52.0 Å². The number of hydrogen-bond acceptors (Lipinski definition) is 13. The molecule has 3 aromatic carbocycles. The summed E-state index contributed by atoms with van der Waals surface area (Å²) >= 11 is 1.36. The number of benzene rings is 3. The highest BCUT2D eigenvalue weighted by molar-refractivity contribution is 7.92. The fourth-order valence-corrected chi connectivity index (χ4v) is 10.8. The zero-order chi connectivity index (χ0) is 47.5. The van der Waals surface area contributed by atoms with Gasteiger partial charge in [-0.05, 0) is 92.3 Å². The number of amides is 3. The van der Waals surface area contributed by atoms with E-state index in [1.54, 1.807) is 43.5 Å². The van der Waals surface area contributed by atoms with Gasteiger partial charge in [-0.1, -0.05) is 33.8 Å². The van der Waals surface area contributed by atoms with E-state index >= 15 is 8.78 Å². The highest BCUT2D eigenvalue weighted by Gasteiger charge is 2.30. The van der Waals surface area contributed by atoms with Crippen LogP contribution in [0.15, 0.2) is 72.9 Å². The summed E-state index contributed by atoms with van der Waals surface area (Å²) in [4.78, 5) is 57.7. The van der Waals surface area contributed by atoms with Gasteiger partial charge in [-0.25, -0.2) is 32.2 Å². The lowest BCUT2D eigenvalue weighted by Gasteiger charge is -2.38. The van der Waals surface area contributed by atoms with E-state index in [0.717, 1.165) is 42.3 Å².